The van der Waals surface area contributed by atoms with Crippen molar-refractivity contribution in [2.24, 2.45) is 0 Å². The van der Waals surface area contributed by atoms with E-state index < -0.39 is 21.6 Å². The van der Waals surface area contributed by atoms with E-state index in [1.807, 2.05) is 36.4 Å². The van der Waals surface area contributed by atoms with Crippen molar-refractivity contribution in [1.29, 1.82) is 0 Å². The van der Waals surface area contributed by atoms with E-state index in [9.17, 15) is 4.79 Å². The number of halogens is 3. The third-order valence-electron chi connectivity index (χ3n) is 5.55. The molecule has 2 heterocycles. The van der Waals surface area contributed by atoms with Crippen molar-refractivity contribution in [3.8, 4) is 0 Å². The molecule has 51 heavy (non-hydrogen) atoms. The van der Waals surface area contributed by atoms with Crippen LogP contribution in [0, 0.1) is 0 Å². The summed E-state index contributed by atoms with van der Waals surface area (Å²) in [6.07, 6.45) is 2.93. The molecule has 0 saturated carbocycles. The molecule has 0 aliphatic carbocycles. The number of aliphatic hydroxyl groups is 2. The quantitative estimate of drug-likeness (QED) is 0.199. The molecule has 0 radical (unpaired) electrons. The Bertz CT molecular complexity index is 1340. The van der Waals surface area contributed by atoms with Gasteiger partial charge in [-0.05, 0) is 47.3 Å². The first-order valence-corrected chi connectivity index (χ1v) is 17.9. The fourth-order valence-corrected chi connectivity index (χ4v) is 3.56. The molecule has 5 rings (SSSR count). The molecule has 0 atom stereocenters. The average molecular weight is 791 g/mol. The summed E-state index contributed by atoms with van der Waals surface area (Å²) in [5.74, 6) is 0. The lowest BCUT2D eigenvalue weighted by Crippen LogP contribution is -2.40. The molecule has 14 nitrogen and oxygen atoms in total. The summed E-state index contributed by atoms with van der Waals surface area (Å²) < 4.78 is 30.8. The Balaban J connectivity index is 0. The van der Waals surface area contributed by atoms with Crippen molar-refractivity contribution in [3.63, 3.8) is 0 Å². The number of rotatable bonds is 6. The lowest BCUT2D eigenvalue weighted by Gasteiger charge is -2.19. The van der Waals surface area contributed by atoms with E-state index in [-0.39, 0.29) is 39.8 Å². The highest BCUT2D eigenvalue weighted by Gasteiger charge is 2.24. The Kier molecular flexibility index (Phi) is 34.8. The first-order valence-electron chi connectivity index (χ1n) is 14.7. The van der Waals surface area contributed by atoms with Gasteiger partial charge >= 0.3 is 33.7 Å². The van der Waals surface area contributed by atoms with Gasteiger partial charge in [-0.25, -0.2) is 4.21 Å². The first kappa shape index (κ1) is 50.1. The lowest BCUT2D eigenvalue weighted by molar-refractivity contribution is -0.193. The van der Waals surface area contributed by atoms with Crippen molar-refractivity contribution >= 4 is 97.5 Å². The van der Waals surface area contributed by atoms with Crippen LogP contribution in [0.25, 0.3) is 0 Å². The van der Waals surface area contributed by atoms with Crippen LogP contribution >= 0.6 is 33.0 Å². The number of hydrogen-bond donors (Lipinski definition) is 4. The molecule has 4 N–H and O–H groups in total. The minimum atomic E-state index is -1.67. The maximum Gasteiger partial charge on any atom is 0.493 e. The molecular formula is C30H36B3Cl3O14S. The molecular weight excluding hydrogens is 755 g/mol. The topological polar surface area (TPSA) is 220 Å². The summed E-state index contributed by atoms with van der Waals surface area (Å²) in [5, 5.41) is 32.5. The van der Waals surface area contributed by atoms with Crippen LogP contribution in [0.3, 0.4) is 0 Å². The van der Waals surface area contributed by atoms with E-state index in [0.29, 0.717) is 30.7 Å². The molecule has 2 saturated heterocycles. The summed E-state index contributed by atoms with van der Waals surface area (Å²) in [6, 6.07) is 25.6. The summed E-state index contributed by atoms with van der Waals surface area (Å²) in [7, 11) is 5.57. The van der Waals surface area contributed by atoms with E-state index in [4.69, 9.17) is 73.9 Å². The zero-order valence-electron chi connectivity index (χ0n) is 27.1. The van der Waals surface area contributed by atoms with Crippen LogP contribution in [0.2, 0.25) is 0 Å². The second kappa shape index (κ2) is 35.4. The number of hydrogen-bond acceptors (Lipinski definition) is 14. The van der Waals surface area contributed by atoms with E-state index in [1.54, 1.807) is 48.5 Å². The highest BCUT2D eigenvalue weighted by molar-refractivity contribution is 8.26. The van der Waals surface area contributed by atoms with Crippen LogP contribution in [0.5, 0.6) is 0 Å². The fraction of sp³-hybridized carbons (Fsp3) is 0.300. The minimum Gasteiger partial charge on any atom is -0.423 e. The van der Waals surface area contributed by atoms with Crippen LogP contribution < -0.4 is 16.4 Å². The van der Waals surface area contributed by atoms with Gasteiger partial charge in [-0.3, -0.25) is 4.79 Å². The van der Waals surface area contributed by atoms with Crippen molar-refractivity contribution in [2.75, 3.05) is 39.6 Å². The maximum atomic E-state index is 10.8. The molecule has 276 valence electrons. The van der Waals surface area contributed by atoms with E-state index in [1.165, 1.54) is 0 Å². The highest BCUT2D eigenvalue weighted by Crippen LogP contribution is 2.06. The summed E-state index contributed by atoms with van der Waals surface area (Å²) >= 11 is 5.34. The number of carbonyl (C=O) groups excluding carboxylic acids is 5. The molecule has 2 aliphatic rings. The van der Waals surface area contributed by atoms with E-state index in [2.05, 4.69) is 21.4 Å². The molecule has 3 aromatic rings. The number of benzene rings is 3. The molecule has 21 heteroatoms. The highest BCUT2D eigenvalue weighted by atomic mass is 36.0. The van der Waals surface area contributed by atoms with Gasteiger partial charge in [0.15, 0.2) is 0 Å². The van der Waals surface area contributed by atoms with Gasteiger partial charge in [-0.1, -0.05) is 84.9 Å². The summed E-state index contributed by atoms with van der Waals surface area (Å²) in [4.78, 5) is 43.3. The van der Waals surface area contributed by atoms with E-state index >= 15 is 0 Å². The predicted octanol–water partition coefficient (Wildman–Crippen LogP) is 0.620. The van der Waals surface area contributed by atoms with Gasteiger partial charge in [-0.15, -0.1) is 0 Å². The maximum absolute atomic E-state index is 10.8. The Morgan fingerprint density at radius 2 is 1.02 bits per heavy atom. The second-order valence-electron chi connectivity index (χ2n) is 9.10. The molecule has 0 spiro atoms. The Labute approximate surface area is 312 Å². The van der Waals surface area contributed by atoms with Gasteiger partial charge in [0.1, 0.15) is 0 Å². The Morgan fingerprint density at radius 3 is 1.29 bits per heavy atom. The monoisotopic (exact) mass is 790 g/mol. The largest absolute Gasteiger partial charge is 0.493 e. The van der Waals surface area contributed by atoms with Crippen molar-refractivity contribution in [3.05, 3.63) is 90.5 Å². The lowest BCUT2D eigenvalue weighted by atomic mass is 9.78. The van der Waals surface area contributed by atoms with Gasteiger partial charge in [0, 0.05) is 66.6 Å². The fourth-order valence-electron chi connectivity index (χ4n) is 3.44. The number of carbonyl (C=O) groups is 1. The van der Waals surface area contributed by atoms with Gasteiger partial charge in [0.25, 0.3) is 5.24 Å². The van der Waals surface area contributed by atoms with Crippen LogP contribution in [-0.4, -0.2) is 103 Å². The van der Waals surface area contributed by atoms with Crippen LogP contribution in [-0.2, 0) is 47.0 Å². The summed E-state index contributed by atoms with van der Waals surface area (Å²) in [6.45, 7) is 3.22. The summed E-state index contributed by atoms with van der Waals surface area (Å²) in [5.41, 5.74) is 3.03. The smallest absolute Gasteiger partial charge is 0.423 e. The Morgan fingerprint density at radius 1 is 0.686 bits per heavy atom. The molecule has 0 bridgehead atoms. The van der Waals surface area contributed by atoms with Gasteiger partial charge in [0.2, 0.25) is 9.23 Å². The molecule has 0 unspecified atom stereocenters. The van der Waals surface area contributed by atoms with Gasteiger partial charge in [0.05, 0.1) is 0 Å². The normalized spacial score (nSPS) is 12.5. The van der Waals surface area contributed by atoms with E-state index in [0.717, 1.165) is 37.0 Å². The Hall–Kier alpha value is -3.02. The third-order valence-corrected chi connectivity index (χ3v) is 5.77. The molecule has 2 fully saturated rings. The first-order chi connectivity index (χ1) is 24.5. The van der Waals surface area contributed by atoms with Crippen LogP contribution in [0.1, 0.15) is 29.6 Å². The minimum absolute atomic E-state index is 0.0938. The third kappa shape index (κ3) is 29.3. The second-order valence-corrected chi connectivity index (χ2v) is 12.0. The average Bonchev–Trinajstić information content (AvgIpc) is 3.15. The zero-order valence-corrected chi connectivity index (χ0v) is 30.2. The van der Waals surface area contributed by atoms with Crippen LogP contribution in [0.4, 0.5) is 0 Å². The van der Waals surface area contributed by atoms with Gasteiger partial charge in [-0.2, -0.15) is 19.2 Å². The van der Waals surface area contributed by atoms with Crippen molar-refractivity contribution in [1.82, 2.24) is 0 Å². The molecule has 3 aromatic carbocycles. The van der Waals surface area contributed by atoms with Crippen molar-refractivity contribution in [2.45, 2.75) is 19.3 Å². The predicted molar refractivity (Wildman–Crippen MR) is 192 cm³/mol. The SMILES string of the molecule is O=C(Cl)c1ccc(B2OCCCO2)cc1.O=C=O.O=C=O.O=S(Cl)Cl.OB(O)c1ccccc1.OCCCO.c1ccc(B2OCCCO2)cc1. The zero-order chi connectivity index (χ0) is 38.7. The standard InChI is InChI=1S/C10H10BClO3.C9H11BO2.C6H7BO2.C3H8O2.2CO2.Cl2OS/c12-10(13)8-2-4-9(5-3-8)11-14-6-1-7-15-11;1-2-5-9(6-3-1)10-11-7-4-8-12-10;8-7(9)6-4-2-1-3-5-6;4-2-1-3-5;2*2-1-3;1-4(2)3/h2-5H,1,6-7H2;1-3,5-6H,4,7-8H2;1-5,8-9H;4-5H,1-3H2;;;. The van der Waals surface area contributed by atoms with Crippen molar-refractivity contribution < 1.29 is 67.1 Å². The molecule has 0 aromatic heterocycles. The van der Waals surface area contributed by atoms with Crippen LogP contribution in [0.15, 0.2) is 84.9 Å². The molecule has 2 aliphatic heterocycles. The number of aliphatic hydroxyl groups excluding tert-OH is 2. The van der Waals surface area contributed by atoms with Gasteiger partial charge < -0.3 is 38.9 Å². The molecule has 0 amide bonds.